The molecule has 1 N–H and O–H groups in total. The van der Waals surface area contributed by atoms with Crippen LogP contribution in [0.5, 0.6) is 0 Å². The second kappa shape index (κ2) is 12.3. The average molecular weight is 486 g/mol. The number of carbonyl (C=O) groups excluding carboxylic acids is 1. The molecule has 0 saturated heterocycles. The van der Waals surface area contributed by atoms with E-state index in [1.54, 1.807) is 0 Å². The van der Waals surface area contributed by atoms with Crippen LogP contribution in [0.25, 0.3) is 17.1 Å². The highest BCUT2D eigenvalue weighted by Crippen LogP contribution is 2.27. The molecule has 1 aromatic heterocycles. The highest BCUT2D eigenvalue weighted by molar-refractivity contribution is 7.99. The summed E-state index contributed by atoms with van der Waals surface area (Å²) in [5.74, 6) is 0.982. The summed E-state index contributed by atoms with van der Waals surface area (Å²) < 4.78 is 2.00. The van der Waals surface area contributed by atoms with Crippen molar-refractivity contribution in [3.63, 3.8) is 0 Å². The van der Waals surface area contributed by atoms with Gasteiger partial charge in [-0.25, -0.2) is 0 Å². The quantitative estimate of drug-likeness (QED) is 0.297. The van der Waals surface area contributed by atoms with Crippen molar-refractivity contribution >= 4 is 17.7 Å². The molecule has 1 amide bonds. The van der Waals surface area contributed by atoms with Gasteiger partial charge in [-0.15, -0.1) is 10.2 Å². The summed E-state index contributed by atoms with van der Waals surface area (Å²) >= 11 is 1.39. The largest absolute Gasteiger partial charge is 0.351 e. The van der Waals surface area contributed by atoms with Gasteiger partial charge in [-0.3, -0.25) is 14.3 Å². The normalized spacial score (nSPS) is 11.1. The van der Waals surface area contributed by atoms with E-state index in [9.17, 15) is 4.79 Å². The topological polar surface area (TPSA) is 63.1 Å². The first-order valence-electron chi connectivity index (χ1n) is 11.9. The number of benzene rings is 3. The number of hydrogen-bond acceptors (Lipinski definition) is 5. The van der Waals surface area contributed by atoms with Crippen molar-refractivity contribution in [2.24, 2.45) is 0 Å². The smallest absolute Gasteiger partial charge is 0.230 e. The minimum atomic E-state index is -0.0360. The zero-order chi connectivity index (χ0) is 24.5. The molecule has 3 aromatic carbocycles. The van der Waals surface area contributed by atoms with Crippen LogP contribution in [-0.2, 0) is 17.9 Å². The molecule has 6 nitrogen and oxygen atoms in total. The Morgan fingerprint density at radius 1 is 0.857 bits per heavy atom. The zero-order valence-corrected chi connectivity index (χ0v) is 21.0. The van der Waals surface area contributed by atoms with E-state index in [1.165, 1.54) is 17.3 Å². The third kappa shape index (κ3) is 6.59. The minimum Gasteiger partial charge on any atom is -0.351 e. The summed E-state index contributed by atoms with van der Waals surface area (Å²) in [6.45, 7) is 7.88. The second-order valence-electron chi connectivity index (χ2n) is 8.19. The summed E-state index contributed by atoms with van der Waals surface area (Å²) in [5, 5.41) is 12.5. The Kier molecular flexibility index (Phi) is 8.70. The SMILES string of the molecule is CCN(CC)Cc1ccc(CNC(=O)CSc2nnc(-c3ccccc3)n2-c2ccccc2)cc1. The van der Waals surface area contributed by atoms with Crippen LogP contribution in [0, 0.1) is 0 Å². The monoisotopic (exact) mass is 485 g/mol. The Bertz CT molecular complexity index is 1210. The molecule has 0 spiro atoms. The van der Waals surface area contributed by atoms with Crippen LogP contribution in [0.15, 0.2) is 90.1 Å². The van der Waals surface area contributed by atoms with Gasteiger partial charge in [0.05, 0.1) is 5.75 Å². The fourth-order valence-corrected chi connectivity index (χ4v) is 4.58. The standard InChI is InChI=1S/C28H31N5OS/c1-3-32(4-2)20-23-17-15-22(16-18-23)19-29-26(34)21-35-28-31-30-27(24-11-7-5-8-12-24)33(28)25-13-9-6-10-14-25/h5-18H,3-4,19-21H2,1-2H3,(H,29,34). The van der Waals surface area contributed by atoms with E-state index in [4.69, 9.17) is 0 Å². The van der Waals surface area contributed by atoms with Gasteiger partial charge in [0.2, 0.25) is 5.91 Å². The molecule has 0 aliphatic carbocycles. The molecule has 35 heavy (non-hydrogen) atoms. The summed E-state index contributed by atoms with van der Waals surface area (Å²) in [6, 6.07) is 28.4. The van der Waals surface area contributed by atoms with E-state index in [0.29, 0.717) is 11.7 Å². The van der Waals surface area contributed by atoms with Crippen molar-refractivity contribution in [3.05, 3.63) is 96.1 Å². The van der Waals surface area contributed by atoms with Gasteiger partial charge in [-0.1, -0.05) is 98.4 Å². The molecular weight excluding hydrogens is 454 g/mol. The summed E-state index contributed by atoms with van der Waals surface area (Å²) in [6.07, 6.45) is 0. The fourth-order valence-electron chi connectivity index (χ4n) is 3.80. The van der Waals surface area contributed by atoms with Crippen molar-refractivity contribution in [2.75, 3.05) is 18.8 Å². The first-order valence-corrected chi connectivity index (χ1v) is 12.9. The molecule has 0 saturated carbocycles. The maximum atomic E-state index is 12.6. The van der Waals surface area contributed by atoms with Crippen molar-refractivity contribution in [3.8, 4) is 17.1 Å². The first kappa shape index (κ1) is 24.7. The number of aromatic nitrogens is 3. The van der Waals surface area contributed by atoms with Gasteiger partial charge in [-0.05, 0) is 36.3 Å². The molecule has 0 atom stereocenters. The van der Waals surface area contributed by atoms with E-state index >= 15 is 0 Å². The maximum absolute atomic E-state index is 12.6. The van der Waals surface area contributed by atoms with Crippen LogP contribution in [-0.4, -0.2) is 44.4 Å². The highest BCUT2D eigenvalue weighted by Gasteiger charge is 2.17. The Balaban J connectivity index is 1.38. The number of rotatable bonds is 11. The fraction of sp³-hybridized carbons (Fsp3) is 0.250. The zero-order valence-electron chi connectivity index (χ0n) is 20.2. The third-order valence-electron chi connectivity index (χ3n) is 5.83. The van der Waals surface area contributed by atoms with Gasteiger partial charge in [0.1, 0.15) is 0 Å². The lowest BCUT2D eigenvalue weighted by molar-refractivity contribution is -0.118. The van der Waals surface area contributed by atoms with E-state index in [0.717, 1.165) is 42.3 Å². The van der Waals surface area contributed by atoms with Gasteiger partial charge in [-0.2, -0.15) is 0 Å². The lowest BCUT2D eigenvalue weighted by atomic mass is 10.1. The molecule has 0 bridgehead atoms. The summed E-state index contributed by atoms with van der Waals surface area (Å²) in [7, 11) is 0. The molecule has 0 aliphatic rings. The van der Waals surface area contributed by atoms with Gasteiger partial charge >= 0.3 is 0 Å². The molecule has 4 rings (SSSR count). The number of para-hydroxylation sites is 1. The van der Waals surface area contributed by atoms with Gasteiger partial charge < -0.3 is 5.32 Å². The van der Waals surface area contributed by atoms with E-state index in [2.05, 4.69) is 58.5 Å². The van der Waals surface area contributed by atoms with E-state index in [1.807, 2.05) is 65.2 Å². The van der Waals surface area contributed by atoms with Crippen molar-refractivity contribution in [1.82, 2.24) is 25.0 Å². The minimum absolute atomic E-state index is 0.0360. The molecule has 1 heterocycles. The lowest BCUT2D eigenvalue weighted by Crippen LogP contribution is -2.25. The summed E-state index contributed by atoms with van der Waals surface area (Å²) in [5.41, 5.74) is 4.31. The predicted octanol–water partition coefficient (Wildman–Crippen LogP) is 5.18. The number of nitrogens with one attached hydrogen (secondary N) is 1. The number of nitrogens with zero attached hydrogens (tertiary/aromatic N) is 4. The van der Waals surface area contributed by atoms with Crippen molar-refractivity contribution in [1.29, 1.82) is 0 Å². The van der Waals surface area contributed by atoms with Gasteiger partial charge in [0.25, 0.3) is 0 Å². The third-order valence-corrected chi connectivity index (χ3v) is 6.75. The van der Waals surface area contributed by atoms with Crippen LogP contribution in [0.1, 0.15) is 25.0 Å². The molecule has 4 aromatic rings. The first-order chi connectivity index (χ1) is 17.2. The van der Waals surface area contributed by atoms with Crippen molar-refractivity contribution < 1.29 is 4.79 Å². The molecular formula is C28H31N5OS. The molecule has 180 valence electrons. The Morgan fingerprint density at radius 3 is 2.14 bits per heavy atom. The highest BCUT2D eigenvalue weighted by atomic mass is 32.2. The number of hydrogen-bond donors (Lipinski definition) is 1. The van der Waals surface area contributed by atoms with Gasteiger partial charge in [0.15, 0.2) is 11.0 Å². The summed E-state index contributed by atoms with van der Waals surface area (Å²) in [4.78, 5) is 15.0. The average Bonchev–Trinajstić information content (AvgIpc) is 3.35. The van der Waals surface area contributed by atoms with Crippen LogP contribution in [0.2, 0.25) is 0 Å². The van der Waals surface area contributed by atoms with Crippen LogP contribution >= 0.6 is 11.8 Å². The number of thioether (sulfide) groups is 1. The lowest BCUT2D eigenvalue weighted by Gasteiger charge is -2.18. The number of carbonyl (C=O) groups is 1. The van der Waals surface area contributed by atoms with E-state index in [-0.39, 0.29) is 11.7 Å². The Labute approximate surface area is 211 Å². The van der Waals surface area contributed by atoms with Gasteiger partial charge in [0, 0.05) is 24.3 Å². The molecule has 0 unspecified atom stereocenters. The van der Waals surface area contributed by atoms with Crippen LogP contribution in [0.3, 0.4) is 0 Å². The predicted molar refractivity (Wildman–Crippen MR) is 142 cm³/mol. The van der Waals surface area contributed by atoms with Crippen LogP contribution < -0.4 is 5.32 Å². The van der Waals surface area contributed by atoms with Crippen LogP contribution in [0.4, 0.5) is 0 Å². The molecule has 0 aliphatic heterocycles. The Morgan fingerprint density at radius 2 is 1.49 bits per heavy atom. The van der Waals surface area contributed by atoms with Crippen molar-refractivity contribution in [2.45, 2.75) is 32.1 Å². The molecule has 7 heteroatoms. The molecule has 0 radical (unpaired) electrons. The second-order valence-corrected chi connectivity index (χ2v) is 9.13. The Hall–Kier alpha value is -3.42. The molecule has 0 fully saturated rings. The van der Waals surface area contributed by atoms with E-state index < -0.39 is 0 Å². The number of amides is 1. The maximum Gasteiger partial charge on any atom is 0.230 e.